The Morgan fingerprint density at radius 2 is 2.16 bits per heavy atom. The predicted molar refractivity (Wildman–Crippen MR) is 97.3 cm³/mol. The molecule has 130 valence electrons. The van der Waals surface area contributed by atoms with Crippen molar-refractivity contribution in [1.29, 1.82) is 0 Å². The Hall–Kier alpha value is -2.32. The smallest absolute Gasteiger partial charge is 0.338 e. The summed E-state index contributed by atoms with van der Waals surface area (Å²) in [7, 11) is 0. The van der Waals surface area contributed by atoms with E-state index in [9.17, 15) is 9.59 Å². The number of hydrogen-bond acceptors (Lipinski definition) is 6. The molecule has 6 nitrogen and oxygen atoms in total. The summed E-state index contributed by atoms with van der Waals surface area (Å²) in [5.74, 6) is -0.00288. The third-order valence-electron chi connectivity index (χ3n) is 3.53. The number of rotatable bonds is 6. The molecule has 25 heavy (non-hydrogen) atoms. The molecule has 0 saturated carbocycles. The fourth-order valence-electron chi connectivity index (χ4n) is 2.49. The van der Waals surface area contributed by atoms with E-state index in [0.717, 1.165) is 9.90 Å². The predicted octanol–water partition coefficient (Wildman–Crippen LogP) is 3.11. The molecule has 1 atom stereocenters. The van der Waals surface area contributed by atoms with Gasteiger partial charge in [0, 0.05) is 23.0 Å². The first-order valence-corrected chi connectivity index (χ1v) is 9.60. The zero-order valence-electron chi connectivity index (χ0n) is 13.5. The van der Waals surface area contributed by atoms with Crippen LogP contribution in [0.25, 0.3) is 0 Å². The molecule has 1 aromatic carbocycles. The Kier molecular flexibility index (Phi) is 5.72. The second-order valence-electron chi connectivity index (χ2n) is 5.14. The third-order valence-corrected chi connectivity index (χ3v) is 5.52. The zero-order chi connectivity index (χ0) is 17.6. The van der Waals surface area contributed by atoms with Crippen LogP contribution >= 0.6 is 23.1 Å². The molecule has 2 aromatic rings. The van der Waals surface area contributed by atoms with Gasteiger partial charge in [0.2, 0.25) is 0 Å². The number of thioether (sulfide) groups is 1. The van der Waals surface area contributed by atoms with Gasteiger partial charge in [0.15, 0.2) is 0 Å². The van der Waals surface area contributed by atoms with Crippen LogP contribution in [0.15, 0.2) is 57.5 Å². The molecule has 0 unspecified atom stereocenters. The molecule has 0 spiro atoms. The minimum Gasteiger partial charge on any atom is -0.463 e. The summed E-state index contributed by atoms with van der Waals surface area (Å²) in [4.78, 5) is 28.9. The van der Waals surface area contributed by atoms with E-state index in [1.54, 1.807) is 13.1 Å². The van der Waals surface area contributed by atoms with Gasteiger partial charge in [-0.25, -0.2) is 14.6 Å². The summed E-state index contributed by atoms with van der Waals surface area (Å²) >= 11 is 2.99. The second-order valence-corrected chi connectivity index (χ2v) is 7.26. The number of thiazole rings is 1. The minimum absolute atomic E-state index is 0.269. The summed E-state index contributed by atoms with van der Waals surface area (Å²) in [6.45, 7) is 2.03. The van der Waals surface area contributed by atoms with E-state index in [2.05, 4.69) is 15.6 Å². The maximum atomic E-state index is 12.6. The van der Waals surface area contributed by atoms with Gasteiger partial charge >= 0.3 is 12.0 Å². The number of hydrogen-bond donors (Lipinski definition) is 2. The fourth-order valence-corrected chi connectivity index (χ4v) is 4.10. The summed E-state index contributed by atoms with van der Waals surface area (Å²) < 4.78 is 6.10. The molecule has 2 amide bonds. The van der Waals surface area contributed by atoms with Gasteiger partial charge in [-0.1, -0.05) is 42.1 Å². The Morgan fingerprint density at radius 3 is 2.84 bits per heavy atom. The highest BCUT2D eigenvalue weighted by Crippen LogP contribution is 2.31. The van der Waals surface area contributed by atoms with Crippen LogP contribution in [0.3, 0.4) is 0 Å². The van der Waals surface area contributed by atoms with Gasteiger partial charge < -0.3 is 15.4 Å². The highest BCUT2D eigenvalue weighted by atomic mass is 32.2. The normalized spacial score (nSPS) is 17.0. The van der Waals surface area contributed by atoms with Crippen molar-refractivity contribution in [3.63, 3.8) is 0 Å². The van der Waals surface area contributed by atoms with Crippen LogP contribution < -0.4 is 10.6 Å². The molecule has 0 bridgehead atoms. The van der Waals surface area contributed by atoms with Gasteiger partial charge in [-0.15, -0.1) is 11.3 Å². The molecule has 8 heteroatoms. The van der Waals surface area contributed by atoms with E-state index in [-0.39, 0.29) is 12.6 Å². The van der Waals surface area contributed by atoms with Gasteiger partial charge in [-0.3, -0.25) is 0 Å². The molecule has 0 saturated heterocycles. The molecule has 0 radical (unpaired) electrons. The molecular weight excluding hydrogens is 358 g/mol. The molecule has 1 aliphatic heterocycles. The van der Waals surface area contributed by atoms with Gasteiger partial charge in [-0.05, 0) is 12.5 Å². The average molecular weight is 375 g/mol. The lowest BCUT2D eigenvalue weighted by Gasteiger charge is -2.29. The SMILES string of the molecule is CCOC(=O)C1=C(CSc2nccs2)NC(=O)N[C@H]1c1ccccc1. The lowest BCUT2D eigenvalue weighted by Crippen LogP contribution is -2.46. The maximum absolute atomic E-state index is 12.6. The zero-order valence-corrected chi connectivity index (χ0v) is 15.2. The number of nitrogens with zero attached hydrogens (tertiary/aromatic N) is 1. The van der Waals surface area contributed by atoms with E-state index in [1.165, 1.54) is 23.1 Å². The lowest BCUT2D eigenvalue weighted by molar-refractivity contribution is -0.139. The van der Waals surface area contributed by atoms with Gasteiger partial charge in [0.1, 0.15) is 4.34 Å². The topological polar surface area (TPSA) is 80.3 Å². The van der Waals surface area contributed by atoms with Crippen molar-refractivity contribution in [2.75, 3.05) is 12.4 Å². The Morgan fingerprint density at radius 1 is 1.36 bits per heavy atom. The Bertz CT molecular complexity index is 776. The molecule has 1 aliphatic rings. The minimum atomic E-state index is -0.541. The van der Waals surface area contributed by atoms with Crippen LogP contribution in [0.2, 0.25) is 0 Å². The van der Waals surface area contributed by atoms with E-state index < -0.39 is 12.0 Å². The molecule has 0 aliphatic carbocycles. The van der Waals surface area contributed by atoms with Crippen molar-refractivity contribution in [3.05, 3.63) is 58.7 Å². The van der Waals surface area contributed by atoms with E-state index in [1.807, 2.05) is 35.7 Å². The van der Waals surface area contributed by atoms with Crippen LogP contribution in [0.5, 0.6) is 0 Å². The summed E-state index contributed by atoms with van der Waals surface area (Å²) in [6, 6.07) is 8.51. The van der Waals surface area contributed by atoms with Crippen molar-refractivity contribution in [2.45, 2.75) is 17.3 Å². The first-order valence-electron chi connectivity index (χ1n) is 7.74. The number of benzene rings is 1. The van der Waals surface area contributed by atoms with Crippen LogP contribution in [0, 0.1) is 0 Å². The second kappa shape index (κ2) is 8.17. The number of nitrogens with one attached hydrogen (secondary N) is 2. The van der Waals surface area contributed by atoms with Crippen LogP contribution in [0.4, 0.5) is 4.79 Å². The molecule has 1 aromatic heterocycles. The summed E-state index contributed by atoms with van der Waals surface area (Å²) in [5, 5.41) is 7.45. The standard InChI is InChI=1S/C17H17N3O3S2/c1-2-23-15(21)13-12(10-25-17-18-8-9-24-17)19-16(22)20-14(13)11-6-4-3-5-7-11/h3-9,14H,2,10H2,1H3,(H2,19,20,22)/t14-/m0/s1. The van der Waals surface area contributed by atoms with Gasteiger partial charge in [0.25, 0.3) is 0 Å². The van der Waals surface area contributed by atoms with Crippen LogP contribution in [-0.2, 0) is 9.53 Å². The van der Waals surface area contributed by atoms with E-state index >= 15 is 0 Å². The number of esters is 1. The van der Waals surface area contributed by atoms with Crippen molar-refractivity contribution < 1.29 is 14.3 Å². The monoisotopic (exact) mass is 375 g/mol. The fraction of sp³-hybridized carbons (Fsp3) is 0.235. The molecule has 2 heterocycles. The van der Waals surface area contributed by atoms with Crippen LogP contribution in [-0.4, -0.2) is 29.3 Å². The maximum Gasteiger partial charge on any atom is 0.338 e. The summed E-state index contributed by atoms with van der Waals surface area (Å²) in [6.07, 6.45) is 1.72. The Balaban J connectivity index is 1.96. The number of amides is 2. The van der Waals surface area contributed by atoms with Crippen molar-refractivity contribution in [2.24, 2.45) is 0 Å². The third kappa shape index (κ3) is 4.21. The molecule has 2 N–H and O–H groups in total. The van der Waals surface area contributed by atoms with Crippen LogP contribution in [0.1, 0.15) is 18.5 Å². The number of ether oxygens (including phenoxy) is 1. The van der Waals surface area contributed by atoms with Gasteiger partial charge in [-0.2, -0.15) is 0 Å². The number of urea groups is 1. The van der Waals surface area contributed by atoms with Crippen molar-refractivity contribution >= 4 is 35.1 Å². The number of aromatic nitrogens is 1. The lowest BCUT2D eigenvalue weighted by atomic mass is 9.95. The van der Waals surface area contributed by atoms with Gasteiger partial charge in [0.05, 0.1) is 18.2 Å². The Labute approximate surface area is 153 Å². The quantitative estimate of drug-likeness (QED) is 0.599. The number of carbonyl (C=O) groups is 2. The van der Waals surface area contributed by atoms with E-state index in [0.29, 0.717) is 17.0 Å². The first kappa shape index (κ1) is 17.5. The number of carbonyl (C=O) groups excluding carboxylic acids is 2. The largest absolute Gasteiger partial charge is 0.463 e. The molecule has 3 rings (SSSR count). The molecule has 0 fully saturated rings. The van der Waals surface area contributed by atoms with E-state index in [4.69, 9.17) is 4.74 Å². The summed E-state index contributed by atoms with van der Waals surface area (Å²) in [5.41, 5.74) is 1.81. The average Bonchev–Trinajstić information content (AvgIpc) is 3.14. The van der Waals surface area contributed by atoms with Crippen molar-refractivity contribution in [1.82, 2.24) is 15.6 Å². The highest BCUT2D eigenvalue weighted by molar-refractivity contribution is 8.01. The first-order chi connectivity index (χ1) is 12.2. The highest BCUT2D eigenvalue weighted by Gasteiger charge is 2.33. The molecular formula is C17H17N3O3S2. The van der Waals surface area contributed by atoms with Crippen molar-refractivity contribution in [3.8, 4) is 0 Å².